The van der Waals surface area contributed by atoms with Crippen LogP contribution in [0.5, 0.6) is 5.75 Å². The van der Waals surface area contributed by atoms with Crippen LogP contribution in [0.2, 0.25) is 0 Å². The Balaban J connectivity index is 1.90. The number of aryl methyl sites for hydroxylation is 1. The van der Waals surface area contributed by atoms with Gasteiger partial charge in [-0.2, -0.15) is 0 Å². The third-order valence-corrected chi connectivity index (χ3v) is 5.03. The van der Waals surface area contributed by atoms with Crippen molar-refractivity contribution in [3.8, 4) is 17.1 Å². The highest BCUT2D eigenvalue weighted by Crippen LogP contribution is 2.36. The SMILES string of the molecule is CC(C)CC(N)COc1cc2c(cc1-c1cnco1)c1ccncc1c(=O)n2C. The first-order valence-corrected chi connectivity index (χ1v) is 9.63. The molecule has 4 aromatic rings. The van der Waals surface area contributed by atoms with Crippen LogP contribution < -0.4 is 16.0 Å². The molecule has 3 aromatic heterocycles. The Kier molecular flexibility index (Phi) is 5.07. The highest BCUT2D eigenvalue weighted by Gasteiger charge is 2.17. The Bertz CT molecular complexity index is 1210. The molecular weight excluding hydrogens is 368 g/mol. The van der Waals surface area contributed by atoms with Crippen LogP contribution >= 0.6 is 0 Å². The molecule has 0 aliphatic rings. The van der Waals surface area contributed by atoms with Crippen molar-refractivity contribution in [3.63, 3.8) is 0 Å². The van der Waals surface area contributed by atoms with Crippen molar-refractivity contribution in [3.05, 3.63) is 53.5 Å². The van der Waals surface area contributed by atoms with Gasteiger partial charge in [-0.15, -0.1) is 0 Å². The van der Waals surface area contributed by atoms with E-state index in [-0.39, 0.29) is 11.6 Å². The molecule has 0 amide bonds. The van der Waals surface area contributed by atoms with E-state index in [0.29, 0.717) is 29.4 Å². The van der Waals surface area contributed by atoms with Gasteiger partial charge in [0.25, 0.3) is 5.56 Å². The van der Waals surface area contributed by atoms with Gasteiger partial charge in [0.2, 0.25) is 0 Å². The van der Waals surface area contributed by atoms with Gasteiger partial charge in [0.15, 0.2) is 12.2 Å². The molecule has 0 aliphatic carbocycles. The highest BCUT2D eigenvalue weighted by atomic mass is 16.5. The summed E-state index contributed by atoms with van der Waals surface area (Å²) < 4.78 is 13.3. The summed E-state index contributed by atoms with van der Waals surface area (Å²) in [6.45, 7) is 4.63. The second-order valence-electron chi connectivity index (χ2n) is 7.72. The Labute approximate surface area is 168 Å². The summed E-state index contributed by atoms with van der Waals surface area (Å²) in [5, 5.41) is 2.32. The quantitative estimate of drug-likeness (QED) is 0.505. The lowest BCUT2D eigenvalue weighted by molar-refractivity contribution is 0.271. The fraction of sp³-hybridized carbons (Fsp3) is 0.318. The van der Waals surface area contributed by atoms with E-state index in [0.717, 1.165) is 28.3 Å². The Morgan fingerprint density at radius 2 is 2.00 bits per heavy atom. The molecule has 0 aliphatic heterocycles. The maximum absolute atomic E-state index is 12.8. The standard InChI is InChI=1S/C22H24N4O3/c1-13(2)6-14(23)11-28-20-8-19-16(7-17(20)21-10-25-12-29-21)15-4-5-24-9-18(15)22(27)26(19)3/h4-5,7-10,12-14H,6,11,23H2,1-3H3. The maximum Gasteiger partial charge on any atom is 0.260 e. The predicted octanol–water partition coefficient (Wildman–Crippen LogP) is 3.49. The first-order chi connectivity index (χ1) is 14.0. The van der Waals surface area contributed by atoms with Crippen molar-refractivity contribution in [1.29, 1.82) is 0 Å². The van der Waals surface area contributed by atoms with Crippen molar-refractivity contribution in [1.82, 2.24) is 14.5 Å². The second-order valence-corrected chi connectivity index (χ2v) is 7.72. The molecule has 150 valence electrons. The smallest absolute Gasteiger partial charge is 0.260 e. The topological polar surface area (TPSA) is 96.2 Å². The molecule has 7 nitrogen and oxygen atoms in total. The van der Waals surface area contributed by atoms with Gasteiger partial charge >= 0.3 is 0 Å². The largest absolute Gasteiger partial charge is 0.491 e. The van der Waals surface area contributed by atoms with Crippen molar-refractivity contribution >= 4 is 21.7 Å². The number of pyridine rings is 2. The van der Waals surface area contributed by atoms with E-state index >= 15 is 0 Å². The first-order valence-electron chi connectivity index (χ1n) is 9.63. The van der Waals surface area contributed by atoms with Crippen molar-refractivity contribution in [2.24, 2.45) is 18.7 Å². The first kappa shape index (κ1) is 19.1. The average Bonchev–Trinajstić information content (AvgIpc) is 3.24. The zero-order valence-electron chi connectivity index (χ0n) is 16.8. The minimum atomic E-state index is -0.101. The molecule has 2 N–H and O–H groups in total. The summed E-state index contributed by atoms with van der Waals surface area (Å²) in [6.07, 6.45) is 7.18. The number of nitrogens with zero attached hydrogens (tertiary/aromatic N) is 3. The van der Waals surface area contributed by atoms with Gasteiger partial charge in [0, 0.05) is 36.9 Å². The number of nitrogens with two attached hydrogens (primary N) is 1. The third-order valence-electron chi connectivity index (χ3n) is 5.03. The van der Waals surface area contributed by atoms with Crippen molar-refractivity contribution in [2.75, 3.05) is 6.61 Å². The molecule has 1 aromatic carbocycles. The fourth-order valence-electron chi connectivity index (χ4n) is 3.68. The van der Waals surface area contributed by atoms with Gasteiger partial charge in [0.1, 0.15) is 12.4 Å². The van der Waals surface area contributed by atoms with Gasteiger partial charge in [0.05, 0.1) is 22.7 Å². The van der Waals surface area contributed by atoms with E-state index in [1.165, 1.54) is 6.39 Å². The number of oxazole rings is 1. The van der Waals surface area contributed by atoms with Crippen LogP contribution in [0.1, 0.15) is 20.3 Å². The monoisotopic (exact) mass is 392 g/mol. The summed E-state index contributed by atoms with van der Waals surface area (Å²) in [5.41, 5.74) is 7.64. The van der Waals surface area contributed by atoms with E-state index in [1.807, 2.05) is 18.2 Å². The molecule has 0 fully saturated rings. The van der Waals surface area contributed by atoms with Crippen LogP contribution in [0.3, 0.4) is 0 Å². The van der Waals surface area contributed by atoms with Crippen LogP contribution in [-0.2, 0) is 7.05 Å². The summed E-state index contributed by atoms with van der Waals surface area (Å²) in [4.78, 5) is 20.9. The molecule has 0 radical (unpaired) electrons. The molecule has 1 unspecified atom stereocenters. The Hall–Kier alpha value is -3.19. The molecule has 29 heavy (non-hydrogen) atoms. The highest BCUT2D eigenvalue weighted by molar-refractivity contribution is 6.07. The third kappa shape index (κ3) is 3.61. The van der Waals surface area contributed by atoms with Gasteiger partial charge < -0.3 is 19.5 Å². The molecule has 0 spiro atoms. The van der Waals surface area contributed by atoms with Gasteiger partial charge in [-0.3, -0.25) is 9.78 Å². The fourth-order valence-corrected chi connectivity index (χ4v) is 3.68. The van der Waals surface area contributed by atoms with E-state index in [9.17, 15) is 4.79 Å². The van der Waals surface area contributed by atoms with Gasteiger partial charge in [-0.05, 0) is 29.9 Å². The number of hydrogen-bond acceptors (Lipinski definition) is 6. The lowest BCUT2D eigenvalue weighted by Crippen LogP contribution is -2.29. The van der Waals surface area contributed by atoms with Gasteiger partial charge in [-0.1, -0.05) is 13.8 Å². The van der Waals surface area contributed by atoms with Crippen LogP contribution in [0.25, 0.3) is 33.0 Å². The van der Waals surface area contributed by atoms with E-state index in [1.54, 1.807) is 30.2 Å². The number of ether oxygens (including phenoxy) is 1. The maximum atomic E-state index is 12.8. The number of fused-ring (bicyclic) bond motifs is 3. The van der Waals surface area contributed by atoms with Crippen LogP contribution in [0.4, 0.5) is 0 Å². The lowest BCUT2D eigenvalue weighted by Gasteiger charge is -2.18. The minimum Gasteiger partial charge on any atom is -0.491 e. The van der Waals surface area contributed by atoms with Crippen LogP contribution in [0, 0.1) is 5.92 Å². The molecule has 1 atom stereocenters. The number of benzene rings is 1. The molecule has 0 saturated heterocycles. The lowest BCUT2D eigenvalue weighted by atomic mass is 10.0. The molecular formula is C22H24N4O3. The number of hydrogen-bond donors (Lipinski definition) is 1. The molecule has 0 saturated carbocycles. The number of rotatable bonds is 6. The molecule has 4 rings (SSSR count). The van der Waals surface area contributed by atoms with Crippen molar-refractivity contribution in [2.45, 2.75) is 26.3 Å². The second kappa shape index (κ2) is 7.67. The molecule has 3 heterocycles. The molecule has 0 bridgehead atoms. The summed E-state index contributed by atoms with van der Waals surface area (Å²) in [6, 6.07) is 5.61. The number of aromatic nitrogens is 3. The van der Waals surface area contributed by atoms with E-state index < -0.39 is 0 Å². The minimum absolute atomic E-state index is 0.0835. The Morgan fingerprint density at radius 1 is 1.17 bits per heavy atom. The zero-order chi connectivity index (χ0) is 20.5. The van der Waals surface area contributed by atoms with Crippen LogP contribution in [-0.4, -0.2) is 27.2 Å². The average molecular weight is 392 g/mol. The summed E-state index contributed by atoms with van der Waals surface area (Å²) >= 11 is 0. The van der Waals surface area contributed by atoms with Gasteiger partial charge in [-0.25, -0.2) is 4.98 Å². The Morgan fingerprint density at radius 3 is 2.72 bits per heavy atom. The van der Waals surface area contributed by atoms with E-state index in [4.69, 9.17) is 14.9 Å². The predicted molar refractivity (Wildman–Crippen MR) is 113 cm³/mol. The zero-order valence-corrected chi connectivity index (χ0v) is 16.8. The van der Waals surface area contributed by atoms with Crippen LogP contribution in [0.15, 0.2) is 52.4 Å². The van der Waals surface area contributed by atoms with E-state index in [2.05, 4.69) is 23.8 Å². The van der Waals surface area contributed by atoms with Crippen molar-refractivity contribution < 1.29 is 9.15 Å². The molecule has 7 heteroatoms. The summed E-state index contributed by atoms with van der Waals surface area (Å²) in [5.74, 6) is 1.69. The normalized spacial score (nSPS) is 12.7. The summed E-state index contributed by atoms with van der Waals surface area (Å²) in [7, 11) is 1.75.